The van der Waals surface area contributed by atoms with Crippen molar-refractivity contribution in [3.05, 3.63) is 228 Å². The van der Waals surface area contributed by atoms with Crippen LogP contribution < -0.4 is 5.32 Å². The molecular weight excluding hydrogens is 747 g/mol. The van der Waals surface area contributed by atoms with Gasteiger partial charge in [-0.1, -0.05) is 170 Å². The molecule has 2 aromatic heterocycles. The monoisotopic (exact) mass is 781 g/mol. The molecule has 0 radical (unpaired) electrons. The summed E-state index contributed by atoms with van der Waals surface area (Å²) in [7, 11) is 0. The summed E-state index contributed by atoms with van der Waals surface area (Å²) in [6.07, 6.45) is 4.56. The maximum absolute atomic E-state index is 5.37. The highest BCUT2D eigenvalue weighted by Gasteiger charge is 2.50. The summed E-state index contributed by atoms with van der Waals surface area (Å²) in [5.74, 6) is 0. The Morgan fingerprint density at radius 3 is 1.98 bits per heavy atom. The lowest BCUT2D eigenvalue weighted by Crippen LogP contribution is -2.32. The number of nitrogens with zero attached hydrogens (tertiary/aromatic N) is 2. The molecule has 1 spiro atoms. The Morgan fingerprint density at radius 1 is 0.500 bits per heavy atom. The second-order valence-corrected chi connectivity index (χ2v) is 17.2. The summed E-state index contributed by atoms with van der Waals surface area (Å²) < 4.78 is 0. The smallest absolute Gasteiger partial charge is 0.0947 e. The van der Waals surface area contributed by atoms with E-state index in [2.05, 4.69) is 206 Å². The number of benzene rings is 8. The van der Waals surface area contributed by atoms with E-state index in [4.69, 9.17) is 9.97 Å². The number of pyridine rings is 2. The van der Waals surface area contributed by atoms with E-state index in [1.807, 2.05) is 11.8 Å². The highest BCUT2D eigenvalue weighted by atomic mass is 32.2. The van der Waals surface area contributed by atoms with Crippen LogP contribution in [0.1, 0.15) is 39.4 Å². The van der Waals surface area contributed by atoms with Gasteiger partial charge in [-0.05, 0) is 92.4 Å². The Morgan fingerprint density at radius 2 is 1.18 bits per heavy atom. The number of anilines is 1. The number of aromatic nitrogens is 2. The molecule has 2 aliphatic heterocycles. The number of nitrogens with one attached hydrogen (secondary N) is 1. The lowest BCUT2D eigenvalue weighted by Gasteiger charge is -2.39. The molecule has 1 unspecified atom stereocenters. The van der Waals surface area contributed by atoms with Gasteiger partial charge in [-0.3, -0.25) is 0 Å². The van der Waals surface area contributed by atoms with Gasteiger partial charge in [0.2, 0.25) is 0 Å². The fourth-order valence-corrected chi connectivity index (χ4v) is 11.4. The normalized spacial score (nSPS) is 15.3. The Hall–Kier alpha value is -7.27. The second kappa shape index (κ2) is 12.9. The average molecular weight is 782 g/mol. The van der Waals surface area contributed by atoms with Crippen molar-refractivity contribution in [1.82, 2.24) is 9.97 Å². The Kier molecular flexibility index (Phi) is 7.22. The summed E-state index contributed by atoms with van der Waals surface area (Å²) in [5, 5.41) is 8.64. The van der Waals surface area contributed by atoms with E-state index >= 15 is 0 Å². The predicted octanol–water partition coefficient (Wildman–Crippen LogP) is 14.3. The number of para-hydroxylation sites is 1. The molecule has 4 heteroatoms. The first-order valence-corrected chi connectivity index (χ1v) is 21.4. The zero-order valence-electron chi connectivity index (χ0n) is 32.4. The molecule has 0 saturated heterocycles. The number of hydrogen-bond donors (Lipinski definition) is 1. The van der Waals surface area contributed by atoms with Crippen LogP contribution in [-0.4, -0.2) is 9.97 Å². The molecule has 280 valence electrons. The summed E-state index contributed by atoms with van der Waals surface area (Å²) >= 11 is 1.88. The van der Waals surface area contributed by atoms with Gasteiger partial charge in [-0.25, -0.2) is 9.97 Å². The summed E-state index contributed by atoms with van der Waals surface area (Å²) in [5.41, 5.74) is 16.9. The molecule has 1 N–H and O–H groups in total. The molecule has 10 aromatic rings. The van der Waals surface area contributed by atoms with Gasteiger partial charge in [0.1, 0.15) is 0 Å². The van der Waals surface area contributed by atoms with E-state index in [0.29, 0.717) is 0 Å². The maximum atomic E-state index is 5.37. The minimum absolute atomic E-state index is 0.0528. The minimum atomic E-state index is -0.510. The van der Waals surface area contributed by atoms with E-state index in [9.17, 15) is 0 Å². The minimum Gasteiger partial charge on any atom is -0.372 e. The van der Waals surface area contributed by atoms with Crippen molar-refractivity contribution in [3.8, 4) is 33.6 Å². The van der Waals surface area contributed by atoms with E-state index in [0.717, 1.165) is 55.6 Å². The molecule has 0 amide bonds. The van der Waals surface area contributed by atoms with Crippen molar-refractivity contribution in [1.29, 1.82) is 0 Å². The zero-order valence-corrected chi connectivity index (χ0v) is 33.2. The molecule has 8 aromatic carbocycles. The standard InChI is InChI=1S/C56H35N3S/c1-3-13-34(14-4-1)48-29-26-36-23-24-37-27-30-49(58-55(37)54(36)57-48)38-25-28-44-41(31-38)42-32-43-40(39-17-7-10-20-50(39)59-53(43)35-15-5-2-6-16-35)33-47(42)56(44)45-18-8-11-21-51(45)60-52-22-12-9-19-46(52)56/h1-33,49,58H. The molecule has 0 bridgehead atoms. The van der Waals surface area contributed by atoms with Gasteiger partial charge in [0.25, 0.3) is 0 Å². The van der Waals surface area contributed by atoms with Gasteiger partial charge >= 0.3 is 0 Å². The Balaban J connectivity index is 1.06. The first-order valence-electron chi connectivity index (χ1n) is 20.6. The lowest BCUT2D eigenvalue weighted by atomic mass is 9.67. The highest BCUT2D eigenvalue weighted by Crippen LogP contribution is 2.63. The van der Waals surface area contributed by atoms with Crippen molar-refractivity contribution in [3.63, 3.8) is 0 Å². The molecule has 4 heterocycles. The van der Waals surface area contributed by atoms with E-state index < -0.39 is 5.41 Å². The Labute approximate surface area is 352 Å². The fourth-order valence-electron chi connectivity index (χ4n) is 10.2. The molecule has 0 fully saturated rings. The van der Waals surface area contributed by atoms with Gasteiger partial charge < -0.3 is 5.32 Å². The average Bonchev–Trinajstić information content (AvgIpc) is 3.59. The van der Waals surface area contributed by atoms with E-state index in [-0.39, 0.29) is 6.04 Å². The van der Waals surface area contributed by atoms with Crippen LogP contribution in [0, 0.1) is 0 Å². The van der Waals surface area contributed by atoms with Crippen molar-refractivity contribution in [2.24, 2.45) is 0 Å². The molecule has 13 rings (SSSR count). The van der Waals surface area contributed by atoms with Crippen molar-refractivity contribution in [2.75, 3.05) is 5.32 Å². The second-order valence-electron chi connectivity index (χ2n) is 16.1. The van der Waals surface area contributed by atoms with Crippen LogP contribution in [0.4, 0.5) is 5.69 Å². The number of hydrogen-bond acceptors (Lipinski definition) is 4. The molecule has 1 atom stereocenters. The number of rotatable bonds is 3. The van der Waals surface area contributed by atoms with Crippen molar-refractivity contribution >= 4 is 56.1 Å². The van der Waals surface area contributed by atoms with Crippen molar-refractivity contribution in [2.45, 2.75) is 21.2 Å². The predicted molar refractivity (Wildman–Crippen MR) is 249 cm³/mol. The molecule has 1 aliphatic carbocycles. The molecule has 60 heavy (non-hydrogen) atoms. The summed E-state index contributed by atoms with van der Waals surface area (Å²) in [6.45, 7) is 0. The van der Waals surface area contributed by atoms with Gasteiger partial charge in [0.15, 0.2) is 0 Å². The van der Waals surface area contributed by atoms with Gasteiger partial charge in [0, 0.05) is 37.1 Å². The first-order chi connectivity index (χ1) is 29.7. The molecule has 3 nitrogen and oxygen atoms in total. The van der Waals surface area contributed by atoms with E-state index in [1.165, 1.54) is 59.5 Å². The van der Waals surface area contributed by atoms with Gasteiger partial charge in [-0.15, -0.1) is 0 Å². The van der Waals surface area contributed by atoms with Crippen LogP contribution in [0.15, 0.2) is 204 Å². The molecule has 0 saturated carbocycles. The topological polar surface area (TPSA) is 37.8 Å². The Bertz CT molecular complexity index is 3400. The lowest BCUT2D eigenvalue weighted by molar-refractivity contribution is 0.723. The largest absolute Gasteiger partial charge is 0.372 e. The summed E-state index contributed by atoms with van der Waals surface area (Å²) in [4.78, 5) is 13.2. The molecule has 3 aliphatic rings. The third-order valence-corrected chi connectivity index (χ3v) is 14.1. The van der Waals surface area contributed by atoms with Gasteiger partial charge in [-0.2, -0.15) is 0 Å². The van der Waals surface area contributed by atoms with E-state index in [1.54, 1.807) is 0 Å². The summed E-state index contributed by atoms with van der Waals surface area (Å²) in [6, 6.07) is 68.7. The van der Waals surface area contributed by atoms with Crippen LogP contribution >= 0.6 is 11.8 Å². The molecular formula is C56H35N3S. The van der Waals surface area contributed by atoms with Crippen LogP contribution in [0.5, 0.6) is 0 Å². The zero-order chi connectivity index (χ0) is 39.4. The number of fused-ring (bicyclic) bond motifs is 15. The van der Waals surface area contributed by atoms with Crippen molar-refractivity contribution < 1.29 is 0 Å². The first kappa shape index (κ1) is 33.7. The third kappa shape index (κ3) is 4.80. The van der Waals surface area contributed by atoms with Crippen LogP contribution in [0.2, 0.25) is 0 Å². The van der Waals surface area contributed by atoms with Crippen LogP contribution in [0.25, 0.3) is 72.3 Å². The van der Waals surface area contributed by atoms with Crippen LogP contribution in [-0.2, 0) is 5.41 Å². The third-order valence-electron chi connectivity index (χ3n) is 12.9. The SMILES string of the molecule is C1=CC(c2ccc3c(c2)-c2cc4c(-c5ccccc5)nc5ccccc5c4cc2C32c3ccccc3Sc3ccccc32)Nc2c1ccc1ccc(-c3ccccc3)nc21. The fraction of sp³-hybridized carbons (Fsp3) is 0.0357. The maximum Gasteiger partial charge on any atom is 0.0947 e. The highest BCUT2D eigenvalue weighted by molar-refractivity contribution is 7.99. The van der Waals surface area contributed by atoms with Gasteiger partial charge in [0.05, 0.1) is 39.6 Å². The quantitative estimate of drug-likeness (QED) is 0.181. The van der Waals surface area contributed by atoms with Crippen LogP contribution in [0.3, 0.4) is 0 Å².